The molecule has 4 nitrogen and oxygen atoms in total. The van der Waals surface area contributed by atoms with E-state index in [2.05, 4.69) is 36.2 Å². The second-order valence-electron chi connectivity index (χ2n) is 5.98. The highest BCUT2D eigenvalue weighted by Crippen LogP contribution is 2.32. The van der Waals surface area contributed by atoms with Gasteiger partial charge < -0.3 is 11.1 Å². The minimum Gasteiger partial charge on any atom is -0.354 e. The van der Waals surface area contributed by atoms with E-state index in [1.54, 1.807) is 6.92 Å². The average molecular weight is 309 g/mol. The van der Waals surface area contributed by atoms with Crippen LogP contribution in [0.15, 0.2) is 12.1 Å². The van der Waals surface area contributed by atoms with E-state index in [1.165, 1.54) is 9.75 Å². The first-order chi connectivity index (χ1) is 10.0. The molecular formula is C16H27N3OS. The van der Waals surface area contributed by atoms with Gasteiger partial charge in [-0.1, -0.05) is 6.92 Å². The van der Waals surface area contributed by atoms with Gasteiger partial charge in [-0.2, -0.15) is 0 Å². The maximum absolute atomic E-state index is 11.2. The largest absolute Gasteiger partial charge is 0.354 e. The highest BCUT2D eigenvalue weighted by Gasteiger charge is 2.30. The highest BCUT2D eigenvalue weighted by atomic mass is 32.1. The molecular weight excluding hydrogens is 282 g/mol. The number of carbonyl (C=O) groups excluding carboxylic acids is 1. The SMILES string of the molecule is CCC(N)C(c1ccc(C)s1)N1CCC(NC(C)=O)CC1. The molecule has 2 rings (SSSR count). The van der Waals surface area contributed by atoms with Crippen LogP contribution >= 0.6 is 11.3 Å². The predicted molar refractivity (Wildman–Crippen MR) is 88.5 cm³/mol. The highest BCUT2D eigenvalue weighted by molar-refractivity contribution is 7.12. The molecule has 5 heteroatoms. The molecule has 2 heterocycles. The van der Waals surface area contributed by atoms with Gasteiger partial charge >= 0.3 is 0 Å². The number of nitrogens with two attached hydrogens (primary N) is 1. The van der Waals surface area contributed by atoms with E-state index in [0.717, 1.165) is 32.4 Å². The minimum absolute atomic E-state index is 0.0733. The molecule has 2 atom stereocenters. The number of thiophene rings is 1. The zero-order valence-corrected chi connectivity index (χ0v) is 14.1. The van der Waals surface area contributed by atoms with Gasteiger partial charge in [0.15, 0.2) is 0 Å². The van der Waals surface area contributed by atoms with Gasteiger partial charge in [0, 0.05) is 41.9 Å². The predicted octanol–water partition coefficient (Wildman–Crippen LogP) is 2.44. The number of nitrogens with one attached hydrogen (secondary N) is 1. The molecule has 1 aliphatic rings. The molecule has 0 saturated carbocycles. The first kappa shape index (κ1) is 16.5. The van der Waals surface area contributed by atoms with Crippen molar-refractivity contribution in [1.29, 1.82) is 0 Å². The molecule has 1 aliphatic heterocycles. The van der Waals surface area contributed by atoms with E-state index in [4.69, 9.17) is 5.73 Å². The average Bonchev–Trinajstić information content (AvgIpc) is 2.86. The van der Waals surface area contributed by atoms with Crippen molar-refractivity contribution in [3.8, 4) is 0 Å². The number of nitrogens with zero attached hydrogens (tertiary/aromatic N) is 1. The number of aryl methyl sites for hydroxylation is 1. The van der Waals surface area contributed by atoms with Crippen LogP contribution in [-0.4, -0.2) is 36.0 Å². The molecule has 0 spiro atoms. The lowest BCUT2D eigenvalue weighted by atomic mass is 9.97. The van der Waals surface area contributed by atoms with Crippen LogP contribution in [0.5, 0.6) is 0 Å². The third-order valence-electron chi connectivity index (χ3n) is 4.26. The van der Waals surface area contributed by atoms with Crippen molar-refractivity contribution in [2.24, 2.45) is 5.73 Å². The van der Waals surface area contributed by atoms with Crippen LogP contribution in [0.3, 0.4) is 0 Å². The van der Waals surface area contributed by atoms with Gasteiger partial charge in [-0.25, -0.2) is 0 Å². The summed E-state index contributed by atoms with van der Waals surface area (Å²) in [4.78, 5) is 16.4. The Kier molecular flexibility index (Phi) is 5.79. The van der Waals surface area contributed by atoms with Gasteiger partial charge in [-0.3, -0.25) is 9.69 Å². The van der Waals surface area contributed by atoms with Crippen LogP contribution in [0.25, 0.3) is 0 Å². The summed E-state index contributed by atoms with van der Waals surface area (Å²) in [5, 5.41) is 3.03. The molecule has 3 N–H and O–H groups in total. The Morgan fingerprint density at radius 1 is 1.48 bits per heavy atom. The third kappa shape index (κ3) is 4.28. The van der Waals surface area contributed by atoms with Gasteiger partial charge in [0.05, 0.1) is 6.04 Å². The molecule has 118 valence electrons. The van der Waals surface area contributed by atoms with E-state index < -0.39 is 0 Å². The van der Waals surface area contributed by atoms with Crippen molar-refractivity contribution in [3.63, 3.8) is 0 Å². The third-order valence-corrected chi connectivity index (χ3v) is 5.33. The van der Waals surface area contributed by atoms with Crippen molar-refractivity contribution >= 4 is 17.2 Å². The van der Waals surface area contributed by atoms with Crippen LogP contribution in [-0.2, 0) is 4.79 Å². The molecule has 1 aromatic rings. The molecule has 1 fully saturated rings. The minimum atomic E-state index is 0.0733. The maximum Gasteiger partial charge on any atom is 0.217 e. The Morgan fingerprint density at radius 3 is 2.62 bits per heavy atom. The topological polar surface area (TPSA) is 58.4 Å². The van der Waals surface area contributed by atoms with Crippen molar-refractivity contribution < 1.29 is 4.79 Å². The smallest absolute Gasteiger partial charge is 0.217 e. The number of amides is 1. The summed E-state index contributed by atoms with van der Waals surface area (Å²) in [6, 6.07) is 5.20. The Bertz CT molecular complexity index is 466. The Hall–Kier alpha value is -0.910. The Balaban J connectivity index is 2.04. The number of carbonyl (C=O) groups is 1. The standard InChI is InChI=1S/C16H27N3OS/c1-4-14(17)16(15-6-5-11(2)21-15)19-9-7-13(8-10-19)18-12(3)20/h5-6,13-14,16H,4,7-10,17H2,1-3H3,(H,18,20). The number of rotatable bonds is 5. The Morgan fingerprint density at radius 2 is 2.14 bits per heavy atom. The lowest BCUT2D eigenvalue weighted by molar-refractivity contribution is -0.120. The number of likely N-dealkylation sites (tertiary alicyclic amines) is 1. The second kappa shape index (κ2) is 7.38. The number of hydrogen-bond donors (Lipinski definition) is 2. The molecule has 0 aliphatic carbocycles. The van der Waals surface area contributed by atoms with Crippen LogP contribution in [0, 0.1) is 6.92 Å². The van der Waals surface area contributed by atoms with Gasteiger partial charge in [0.1, 0.15) is 0 Å². The van der Waals surface area contributed by atoms with Crippen molar-refractivity contribution in [1.82, 2.24) is 10.2 Å². The number of hydrogen-bond acceptors (Lipinski definition) is 4. The molecule has 21 heavy (non-hydrogen) atoms. The molecule has 0 radical (unpaired) electrons. The second-order valence-corrected chi connectivity index (χ2v) is 7.30. The molecule has 2 unspecified atom stereocenters. The lowest BCUT2D eigenvalue weighted by Gasteiger charge is -2.39. The van der Waals surface area contributed by atoms with E-state index in [9.17, 15) is 4.79 Å². The fraction of sp³-hybridized carbons (Fsp3) is 0.688. The van der Waals surface area contributed by atoms with Crippen molar-refractivity contribution in [3.05, 3.63) is 21.9 Å². The molecule has 1 aromatic heterocycles. The van der Waals surface area contributed by atoms with Gasteiger partial charge in [-0.15, -0.1) is 11.3 Å². The van der Waals surface area contributed by atoms with E-state index in [-0.39, 0.29) is 11.9 Å². The summed E-state index contributed by atoms with van der Waals surface area (Å²) < 4.78 is 0. The zero-order valence-electron chi connectivity index (χ0n) is 13.3. The van der Waals surface area contributed by atoms with E-state index in [1.807, 2.05) is 11.3 Å². The fourth-order valence-electron chi connectivity index (χ4n) is 3.11. The van der Waals surface area contributed by atoms with Crippen LogP contribution in [0.4, 0.5) is 0 Å². The summed E-state index contributed by atoms with van der Waals surface area (Å²) in [7, 11) is 0. The quantitative estimate of drug-likeness (QED) is 0.878. The van der Waals surface area contributed by atoms with Crippen LogP contribution in [0.1, 0.15) is 48.9 Å². The summed E-state index contributed by atoms with van der Waals surface area (Å²) in [6.07, 6.45) is 3.00. The first-order valence-electron chi connectivity index (χ1n) is 7.84. The summed E-state index contributed by atoms with van der Waals surface area (Å²) in [6.45, 7) is 7.89. The van der Waals surface area contributed by atoms with E-state index in [0.29, 0.717) is 12.1 Å². The van der Waals surface area contributed by atoms with Gasteiger partial charge in [-0.05, 0) is 38.3 Å². The van der Waals surface area contributed by atoms with Crippen molar-refractivity contribution in [2.75, 3.05) is 13.1 Å². The van der Waals surface area contributed by atoms with Crippen molar-refractivity contribution in [2.45, 2.75) is 58.2 Å². The molecule has 1 amide bonds. The first-order valence-corrected chi connectivity index (χ1v) is 8.66. The van der Waals surface area contributed by atoms with Gasteiger partial charge in [0.2, 0.25) is 5.91 Å². The summed E-state index contributed by atoms with van der Waals surface area (Å²) in [5.41, 5.74) is 6.40. The van der Waals surface area contributed by atoms with Crippen LogP contribution < -0.4 is 11.1 Å². The summed E-state index contributed by atoms with van der Waals surface area (Å²) >= 11 is 1.85. The molecule has 1 saturated heterocycles. The normalized spacial score (nSPS) is 20.2. The number of piperidine rings is 1. The summed E-state index contributed by atoms with van der Waals surface area (Å²) in [5.74, 6) is 0.0733. The zero-order chi connectivity index (χ0) is 15.4. The van der Waals surface area contributed by atoms with E-state index >= 15 is 0 Å². The fourth-order valence-corrected chi connectivity index (χ4v) is 4.20. The molecule has 0 aromatic carbocycles. The van der Waals surface area contributed by atoms with Gasteiger partial charge in [0.25, 0.3) is 0 Å². The monoisotopic (exact) mass is 309 g/mol. The maximum atomic E-state index is 11.2. The van der Waals surface area contributed by atoms with Crippen LogP contribution in [0.2, 0.25) is 0 Å². The lowest BCUT2D eigenvalue weighted by Crippen LogP contribution is -2.48. The Labute approximate surface area is 131 Å². The molecule has 0 bridgehead atoms.